The number of halogens is 2. The lowest BCUT2D eigenvalue weighted by molar-refractivity contribution is 0.479. The zero-order chi connectivity index (χ0) is 13.0. The molecule has 0 atom stereocenters. The molecule has 0 heterocycles. The third kappa shape index (κ3) is 3.70. The average molecular weight is 418 g/mol. The van der Waals surface area contributed by atoms with Gasteiger partial charge in [0, 0.05) is 3.57 Å². The van der Waals surface area contributed by atoms with E-state index in [1.165, 1.54) is 5.56 Å². The molecule has 0 radical (unpaired) electrons. The standard InChI is InChI=1S/C14H13BrINO/c15-13-8-10(6-7-17)4-5-14(13)18-12-3-1-2-11(16)9-12/h1-5,8-9H,6-7,17H2. The highest BCUT2D eigenvalue weighted by Gasteiger charge is 2.04. The van der Waals surface area contributed by atoms with Gasteiger partial charge in [0.1, 0.15) is 11.5 Å². The summed E-state index contributed by atoms with van der Waals surface area (Å²) in [5.74, 6) is 1.66. The number of hydrogen-bond donors (Lipinski definition) is 1. The third-order valence-corrected chi connectivity index (χ3v) is 3.74. The van der Waals surface area contributed by atoms with Crippen LogP contribution in [0.15, 0.2) is 46.9 Å². The SMILES string of the molecule is NCCc1ccc(Oc2cccc(I)c2)c(Br)c1. The minimum Gasteiger partial charge on any atom is -0.456 e. The van der Waals surface area contributed by atoms with Gasteiger partial charge in [0.25, 0.3) is 0 Å². The van der Waals surface area contributed by atoms with E-state index in [2.05, 4.69) is 44.6 Å². The van der Waals surface area contributed by atoms with Crippen LogP contribution >= 0.6 is 38.5 Å². The quantitative estimate of drug-likeness (QED) is 0.750. The highest BCUT2D eigenvalue weighted by molar-refractivity contribution is 14.1. The number of nitrogens with two attached hydrogens (primary N) is 1. The fourth-order valence-electron chi connectivity index (χ4n) is 1.61. The molecule has 94 valence electrons. The normalized spacial score (nSPS) is 10.4. The molecule has 0 aromatic heterocycles. The second-order valence-corrected chi connectivity index (χ2v) is 5.96. The zero-order valence-electron chi connectivity index (χ0n) is 9.70. The summed E-state index contributed by atoms with van der Waals surface area (Å²) >= 11 is 5.79. The van der Waals surface area contributed by atoms with Gasteiger partial charge in [-0.1, -0.05) is 12.1 Å². The summed E-state index contributed by atoms with van der Waals surface area (Å²) in [7, 11) is 0. The molecule has 0 saturated carbocycles. The molecule has 0 unspecified atom stereocenters. The van der Waals surface area contributed by atoms with Crippen LogP contribution in [-0.4, -0.2) is 6.54 Å². The Morgan fingerprint density at radius 2 is 2.00 bits per heavy atom. The molecule has 2 aromatic rings. The van der Waals surface area contributed by atoms with Crippen molar-refractivity contribution in [2.45, 2.75) is 6.42 Å². The van der Waals surface area contributed by atoms with E-state index in [9.17, 15) is 0 Å². The Hall–Kier alpha value is -0.590. The topological polar surface area (TPSA) is 35.2 Å². The van der Waals surface area contributed by atoms with Crippen molar-refractivity contribution in [1.82, 2.24) is 0 Å². The van der Waals surface area contributed by atoms with Crippen molar-refractivity contribution in [3.05, 3.63) is 56.1 Å². The van der Waals surface area contributed by atoms with Crippen LogP contribution in [-0.2, 0) is 6.42 Å². The second-order valence-electron chi connectivity index (χ2n) is 3.86. The molecule has 0 aliphatic heterocycles. The minimum absolute atomic E-state index is 0.656. The van der Waals surface area contributed by atoms with E-state index < -0.39 is 0 Å². The maximum absolute atomic E-state index is 5.84. The van der Waals surface area contributed by atoms with Gasteiger partial charge in [0.05, 0.1) is 4.47 Å². The molecule has 0 aliphatic rings. The van der Waals surface area contributed by atoms with Crippen molar-refractivity contribution in [2.24, 2.45) is 5.73 Å². The van der Waals surface area contributed by atoms with Gasteiger partial charge in [-0.3, -0.25) is 0 Å². The van der Waals surface area contributed by atoms with Gasteiger partial charge >= 0.3 is 0 Å². The summed E-state index contributed by atoms with van der Waals surface area (Å²) in [6.45, 7) is 0.656. The maximum Gasteiger partial charge on any atom is 0.141 e. The van der Waals surface area contributed by atoms with Crippen LogP contribution in [0.3, 0.4) is 0 Å². The summed E-state index contributed by atoms with van der Waals surface area (Å²) in [5.41, 5.74) is 6.75. The average Bonchev–Trinajstić information content (AvgIpc) is 2.33. The lowest BCUT2D eigenvalue weighted by Gasteiger charge is -2.09. The largest absolute Gasteiger partial charge is 0.456 e. The van der Waals surface area contributed by atoms with Gasteiger partial charge in [0.2, 0.25) is 0 Å². The monoisotopic (exact) mass is 417 g/mol. The Bertz CT molecular complexity index is 545. The van der Waals surface area contributed by atoms with Crippen molar-refractivity contribution in [1.29, 1.82) is 0 Å². The molecule has 2 aromatic carbocycles. The van der Waals surface area contributed by atoms with Crippen LogP contribution in [0.25, 0.3) is 0 Å². The van der Waals surface area contributed by atoms with E-state index in [0.717, 1.165) is 26.0 Å². The van der Waals surface area contributed by atoms with Crippen molar-refractivity contribution < 1.29 is 4.74 Å². The number of benzene rings is 2. The molecule has 0 saturated heterocycles. The second kappa shape index (κ2) is 6.54. The fraction of sp³-hybridized carbons (Fsp3) is 0.143. The molecule has 2 N–H and O–H groups in total. The van der Waals surface area contributed by atoms with E-state index in [1.807, 2.05) is 36.4 Å². The summed E-state index contributed by atoms with van der Waals surface area (Å²) < 4.78 is 7.95. The lowest BCUT2D eigenvalue weighted by atomic mass is 10.1. The molecule has 18 heavy (non-hydrogen) atoms. The zero-order valence-corrected chi connectivity index (χ0v) is 13.4. The van der Waals surface area contributed by atoms with Crippen molar-refractivity contribution in [3.63, 3.8) is 0 Å². The Morgan fingerprint density at radius 1 is 1.17 bits per heavy atom. The molecular weight excluding hydrogens is 405 g/mol. The van der Waals surface area contributed by atoms with Crippen LogP contribution in [0.5, 0.6) is 11.5 Å². The molecule has 0 amide bonds. The fourth-order valence-corrected chi connectivity index (χ4v) is 2.63. The molecular formula is C14H13BrINO. The first-order valence-corrected chi connectivity index (χ1v) is 7.48. The highest BCUT2D eigenvalue weighted by atomic mass is 127. The third-order valence-electron chi connectivity index (χ3n) is 2.45. The van der Waals surface area contributed by atoms with Crippen LogP contribution in [0, 0.1) is 3.57 Å². The minimum atomic E-state index is 0.656. The molecule has 2 rings (SSSR count). The highest BCUT2D eigenvalue weighted by Crippen LogP contribution is 2.31. The van der Waals surface area contributed by atoms with Gasteiger partial charge in [-0.2, -0.15) is 0 Å². The summed E-state index contributed by atoms with van der Waals surface area (Å²) in [5, 5.41) is 0. The number of rotatable bonds is 4. The van der Waals surface area contributed by atoms with Gasteiger partial charge in [-0.25, -0.2) is 0 Å². The van der Waals surface area contributed by atoms with E-state index in [-0.39, 0.29) is 0 Å². The molecule has 0 aliphatic carbocycles. The van der Waals surface area contributed by atoms with Gasteiger partial charge in [-0.15, -0.1) is 0 Å². The van der Waals surface area contributed by atoms with Crippen LogP contribution in [0.4, 0.5) is 0 Å². The van der Waals surface area contributed by atoms with E-state index in [1.54, 1.807) is 0 Å². The van der Waals surface area contributed by atoms with Crippen molar-refractivity contribution >= 4 is 38.5 Å². The van der Waals surface area contributed by atoms with Crippen LogP contribution in [0.1, 0.15) is 5.56 Å². The maximum atomic E-state index is 5.84. The predicted molar refractivity (Wildman–Crippen MR) is 86.1 cm³/mol. The van der Waals surface area contributed by atoms with E-state index in [4.69, 9.17) is 10.5 Å². The smallest absolute Gasteiger partial charge is 0.141 e. The first-order chi connectivity index (χ1) is 8.69. The van der Waals surface area contributed by atoms with E-state index >= 15 is 0 Å². The van der Waals surface area contributed by atoms with Gasteiger partial charge in [-0.05, 0) is 87.4 Å². The van der Waals surface area contributed by atoms with Crippen molar-refractivity contribution in [2.75, 3.05) is 6.54 Å². The van der Waals surface area contributed by atoms with Crippen LogP contribution < -0.4 is 10.5 Å². The molecule has 0 bridgehead atoms. The first kappa shape index (κ1) is 13.8. The lowest BCUT2D eigenvalue weighted by Crippen LogP contribution is -2.02. The van der Waals surface area contributed by atoms with E-state index in [0.29, 0.717) is 6.54 Å². The summed E-state index contributed by atoms with van der Waals surface area (Å²) in [4.78, 5) is 0. The molecule has 4 heteroatoms. The molecule has 0 fully saturated rings. The first-order valence-electron chi connectivity index (χ1n) is 5.61. The van der Waals surface area contributed by atoms with Crippen molar-refractivity contribution in [3.8, 4) is 11.5 Å². The Kier molecular flexibility index (Phi) is 5.03. The Labute approximate surface area is 129 Å². The van der Waals surface area contributed by atoms with Crippen LogP contribution in [0.2, 0.25) is 0 Å². The summed E-state index contributed by atoms with van der Waals surface area (Å²) in [6, 6.07) is 14.0. The van der Waals surface area contributed by atoms with Gasteiger partial charge in [0.15, 0.2) is 0 Å². The molecule has 0 spiro atoms. The van der Waals surface area contributed by atoms with Gasteiger partial charge < -0.3 is 10.5 Å². The summed E-state index contributed by atoms with van der Waals surface area (Å²) in [6.07, 6.45) is 0.877. The number of ether oxygens (including phenoxy) is 1. The Balaban J connectivity index is 2.19. The number of hydrogen-bond acceptors (Lipinski definition) is 2. The molecule has 2 nitrogen and oxygen atoms in total. The predicted octanol–water partition coefficient (Wildman–Crippen LogP) is 4.35. The Morgan fingerprint density at radius 3 is 2.67 bits per heavy atom.